The molecule has 0 aliphatic heterocycles. The number of rotatable bonds is 7. The van der Waals surface area contributed by atoms with E-state index in [0.29, 0.717) is 11.6 Å². The minimum Gasteiger partial charge on any atom is -0.309 e. The number of nitrogens with zero attached hydrogens (tertiary/aromatic N) is 1. The van der Waals surface area contributed by atoms with Gasteiger partial charge in [0.15, 0.2) is 0 Å². The average molecular weight is 303 g/mol. The maximum Gasteiger partial charge on any atom is 0.233 e. The second-order valence-electron chi connectivity index (χ2n) is 4.45. The highest BCUT2D eigenvalue weighted by atomic mass is 35.5. The summed E-state index contributed by atoms with van der Waals surface area (Å²) in [5, 5.41) is 1.80. The number of benzene rings is 1. The Bertz CT molecular complexity index is 510. The van der Waals surface area contributed by atoms with Gasteiger partial charge in [-0.05, 0) is 50.8 Å². The fourth-order valence-corrected chi connectivity index (χ4v) is 2.39. The lowest BCUT2D eigenvalue weighted by Crippen LogP contribution is -2.25. The largest absolute Gasteiger partial charge is 0.309 e. The number of sulfonamides is 1. The molecule has 1 aromatic carbocycles. The van der Waals surface area contributed by atoms with E-state index in [-0.39, 0.29) is 0 Å². The van der Waals surface area contributed by atoms with Gasteiger partial charge in [0.1, 0.15) is 0 Å². The fourth-order valence-electron chi connectivity index (χ4n) is 1.40. The molecule has 0 aromatic heterocycles. The predicted octanol–water partition coefficient (Wildman–Crippen LogP) is 2.18. The maximum absolute atomic E-state index is 11.7. The number of halogens is 1. The molecule has 0 fully saturated rings. The Kier molecular flexibility index (Phi) is 6.51. The molecule has 1 aromatic rings. The van der Waals surface area contributed by atoms with Gasteiger partial charge in [-0.15, -0.1) is 0 Å². The van der Waals surface area contributed by atoms with E-state index in [4.69, 9.17) is 11.6 Å². The van der Waals surface area contributed by atoms with Crippen LogP contribution in [0, 0.1) is 0 Å². The van der Waals surface area contributed by atoms with Crippen LogP contribution in [-0.2, 0) is 10.0 Å². The number of hydrogen-bond donors (Lipinski definition) is 1. The third-order valence-electron chi connectivity index (χ3n) is 2.39. The summed E-state index contributed by atoms with van der Waals surface area (Å²) in [5.74, 6) is 0. The van der Waals surface area contributed by atoms with Gasteiger partial charge in [-0.3, -0.25) is 0 Å². The van der Waals surface area contributed by atoms with E-state index in [1.54, 1.807) is 30.3 Å². The third-order valence-corrected chi connectivity index (χ3v) is 3.75. The highest BCUT2D eigenvalue weighted by Crippen LogP contribution is 2.11. The molecule has 1 rings (SSSR count). The van der Waals surface area contributed by atoms with Crippen LogP contribution < -0.4 is 4.72 Å². The summed E-state index contributed by atoms with van der Waals surface area (Å²) in [5.41, 5.74) is 0.795. The molecule has 6 heteroatoms. The molecule has 106 valence electrons. The van der Waals surface area contributed by atoms with E-state index in [1.807, 2.05) is 19.0 Å². The van der Waals surface area contributed by atoms with Crippen molar-refractivity contribution in [2.24, 2.45) is 0 Å². The predicted molar refractivity (Wildman–Crippen MR) is 80.6 cm³/mol. The molecule has 0 aliphatic rings. The lowest BCUT2D eigenvalue weighted by molar-refractivity contribution is 0.400. The molecule has 0 heterocycles. The van der Waals surface area contributed by atoms with Gasteiger partial charge in [-0.25, -0.2) is 13.1 Å². The van der Waals surface area contributed by atoms with E-state index in [1.165, 1.54) is 5.41 Å². The minimum atomic E-state index is -3.37. The summed E-state index contributed by atoms with van der Waals surface area (Å²) in [7, 11) is 0.537. The molecule has 0 amide bonds. The standard InChI is InChI=1S/C13H19ClN2O2S/c1-16(2)10-3-9-15-19(17,18)11-8-12-4-6-13(14)7-5-12/h4-8,11,15H,3,9-10H2,1-2H3/b11-8+. The molecule has 0 aliphatic carbocycles. The smallest absolute Gasteiger partial charge is 0.233 e. The van der Waals surface area contributed by atoms with Crippen LogP contribution in [-0.4, -0.2) is 40.5 Å². The SMILES string of the molecule is CN(C)CCCNS(=O)(=O)/C=C/c1ccc(Cl)cc1. The molecular weight excluding hydrogens is 284 g/mol. The summed E-state index contributed by atoms with van der Waals surface area (Å²) in [6.07, 6.45) is 2.33. The molecule has 0 saturated heterocycles. The Labute approximate surface area is 120 Å². The van der Waals surface area contributed by atoms with Crippen molar-refractivity contribution in [1.29, 1.82) is 0 Å². The highest BCUT2D eigenvalue weighted by molar-refractivity contribution is 7.92. The first kappa shape index (κ1) is 16.2. The highest BCUT2D eigenvalue weighted by Gasteiger charge is 2.03. The van der Waals surface area contributed by atoms with Crippen molar-refractivity contribution in [1.82, 2.24) is 9.62 Å². The molecule has 0 bridgehead atoms. The van der Waals surface area contributed by atoms with Crippen molar-refractivity contribution in [3.63, 3.8) is 0 Å². The van der Waals surface area contributed by atoms with E-state index < -0.39 is 10.0 Å². The van der Waals surface area contributed by atoms with Crippen molar-refractivity contribution >= 4 is 27.7 Å². The topological polar surface area (TPSA) is 49.4 Å². The summed E-state index contributed by atoms with van der Waals surface area (Å²) in [4.78, 5) is 2.01. The summed E-state index contributed by atoms with van der Waals surface area (Å²) in [6, 6.07) is 6.97. The van der Waals surface area contributed by atoms with Crippen LogP contribution in [0.3, 0.4) is 0 Å². The second-order valence-corrected chi connectivity index (χ2v) is 6.54. The summed E-state index contributed by atoms with van der Waals surface area (Å²) < 4.78 is 25.9. The molecular formula is C13H19ClN2O2S. The van der Waals surface area contributed by atoms with Crippen LogP contribution in [0.1, 0.15) is 12.0 Å². The third kappa shape index (κ3) is 7.32. The van der Waals surface area contributed by atoms with Gasteiger partial charge >= 0.3 is 0 Å². The molecule has 0 atom stereocenters. The molecule has 0 radical (unpaired) electrons. The summed E-state index contributed by atoms with van der Waals surface area (Å²) >= 11 is 5.75. The Morgan fingerprint density at radius 1 is 1.26 bits per heavy atom. The van der Waals surface area contributed by atoms with Crippen molar-refractivity contribution in [2.75, 3.05) is 27.2 Å². The van der Waals surface area contributed by atoms with Crippen LogP contribution in [0.5, 0.6) is 0 Å². The summed E-state index contributed by atoms with van der Waals surface area (Å²) in [6.45, 7) is 1.29. The molecule has 19 heavy (non-hydrogen) atoms. The first-order valence-corrected chi connectivity index (χ1v) is 7.89. The Morgan fingerprint density at radius 2 is 1.89 bits per heavy atom. The van der Waals surface area contributed by atoms with Gasteiger partial charge < -0.3 is 4.90 Å². The molecule has 0 spiro atoms. The molecule has 0 saturated carbocycles. The molecule has 1 N–H and O–H groups in total. The fraction of sp³-hybridized carbons (Fsp3) is 0.385. The Morgan fingerprint density at radius 3 is 2.47 bits per heavy atom. The van der Waals surface area contributed by atoms with Crippen LogP contribution in [0.4, 0.5) is 0 Å². The zero-order valence-corrected chi connectivity index (χ0v) is 12.7. The van der Waals surface area contributed by atoms with Gasteiger partial charge in [0.05, 0.1) is 0 Å². The van der Waals surface area contributed by atoms with Crippen molar-refractivity contribution in [2.45, 2.75) is 6.42 Å². The number of nitrogens with one attached hydrogen (secondary N) is 1. The van der Waals surface area contributed by atoms with Crippen LogP contribution in [0.25, 0.3) is 6.08 Å². The lowest BCUT2D eigenvalue weighted by atomic mass is 10.2. The van der Waals surface area contributed by atoms with Gasteiger partial charge in [0.2, 0.25) is 10.0 Å². The van der Waals surface area contributed by atoms with Crippen LogP contribution >= 0.6 is 11.6 Å². The zero-order valence-electron chi connectivity index (χ0n) is 11.1. The van der Waals surface area contributed by atoms with E-state index in [2.05, 4.69) is 4.72 Å². The normalized spacial score (nSPS) is 12.4. The first-order valence-electron chi connectivity index (χ1n) is 5.97. The average Bonchev–Trinajstić information content (AvgIpc) is 2.34. The van der Waals surface area contributed by atoms with Gasteiger partial charge in [0, 0.05) is 17.0 Å². The Balaban J connectivity index is 2.47. The van der Waals surface area contributed by atoms with Crippen LogP contribution in [0.15, 0.2) is 29.7 Å². The van der Waals surface area contributed by atoms with Gasteiger partial charge in [-0.2, -0.15) is 0 Å². The van der Waals surface area contributed by atoms with Gasteiger partial charge in [0.25, 0.3) is 0 Å². The quantitative estimate of drug-likeness (QED) is 0.786. The van der Waals surface area contributed by atoms with Crippen molar-refractivity contribution < 1.29 is 8.42 Å². The van der Waals surface area contributed by atoms with Gasteiger partial charge in [-0.1, -0.05) is 23.7 Å². The minimum absolute atomic E-state index is 0.436. The maximum atomic E-state index is 11.7. The monoisotopic (exact) mass is 302 g/mol. The van der Waals surface area contributed by atoms with Crippen molar-refractivity contribution in [3.05, 3.63) is 40.3 Å². The van der Waals surface area contributed by atoms with E-state index in [9.17, 15) is 8.42 Å². The first-order chi connectivity index (χ1) is 8.89. The van der Waals surface area contributed by atoms with E-state index >= 15 is 0 Å². The van der Waals surface area contributed by atoms with Crippen LogP contribution in [0.2, 0.25) is 5.02 Å². The molecule has 4 nitrogen and oxygen atoms in total. The number of hydrogen-bond acceptors (Lipinski definition) is 3. The molecule has 0 unspecified atom stereocenters. The van der Waals surface area contributed by atoms with E-state index in [0.717, 1.165) is 18.5 Å². The second kappa shape index (κ2) is 7.65. The lowest BCUT2D eigenvalue weighted by Gasteiger charge is -2.08. The zero-order chi connectivity index (χ0) is 14.3. The van der Waals surface area contributed by atoms with Crippen molar-refractivity contribution in [3.8, 4) is 0 Å². The Hall–Kier alpha value is -0.880.